The Morgan fingerprint density at radius 3 is 2.67 bits per heavy atom. The standard InChI is InChI=1S/C22H21F2N3O3/c1-22(21-25-19(30-26-21)14-4-7-16(23)8-5-14)10-3-11-27(13-22)20(28)15-6-9-18(29-2)17(24)12-15/h4-9,12H,3,10-11,13H2,1-2H3. The summed E-state index contributed by atoms with van der Waals surface area (Å²) in [7, 11) is 1.38. The second-order valence-corrected chi connectivity index (χ2v) is 7.67. The normalized spacial score (nSPS) is 19.0. The van der Waals surface area contributed by atoms with E-state index in [2.05, 4.69) is 10.1 Å². The molecule has 0 radical (unpaired) electrons. The van der Waals surface area contributed by atoms with E-state index in [1.165, 1.54) is 31.4 Å². The molecule has 4 rings (SSSR count). The summed E-state index contributed by atoms with van der Waals surface area (Å²) in [5.41, 5.74) is 0.370. The summed E-state index contributed by atoms with van der Waals surface area (Å²) in [5, 5.41) is 4.12. The average molecular weight is 413 g/mol. The van der Waals surface area contributed by atoms with Crippen LogP contribution in [0.2, 0.25) is 0 Å². The molecule has 1 amide bonds. The summed E-state index contributed by atoms with van der Waals surface area (Å²) < 4.78 is 37.5. The molecule has 0 N–H and O–H groups in total. The maximum atomic E-state index is 14.0. The van der Waals surface area contributed by atoms with Crippen molar-refractivity contribution in [1.29, 1.82) is 0 Å². The maximum absolute atomic E-state index is 14.0. The van der Waals surface area contributed by atoms with Crippen LogP contribution in [0.5, 0.6) is 5.75 Å². The molecule has 0 spiro atoms. The number of likely N-dealkylation sites (tertiary alicyclic amines) is 1. The molecule has 156 valence electrons. The largest absolute Gasteiger partial charge is 0.494 e. The summed E-state index contributed by atoms with van der Waals surface area (Å²) in [5.74, 6) is -0.306. The molecule has 1 aliphatic rings. The molecule has 3 aromatic rings. The van der Waals surface area contributed by atoms with Gasteiger partial charge in [0.1, 0.15) is 5.82 Å². The lowest BCUT2D eigenvalue weighted by Crippen LogP contribution is -2.47. The van der Waals surface area contributed by atoms with Crippen LogP contribution < -0.4 is 4.74 Å². The third-order valence-corrected chi connectivity index (χ3v) is 5.44. The van der Waals surface area contributed by atoms with Gasteiger partial charge in [0.25, 0.3) is 11.8 Å². The summed E-state index contributed by atoms with van der Waals surface area (Å²) in [6.45, 7) is 2.91. The summed E-state index contributed by atoms with van der Waals surface area (Å²) >= 11 is 0. The number of rotatable bonds is 4. The van der Waals surface area contributed by atoms with Crippen molar-refractivity contribution in [3.8, 4) is 17.2 Å². The number of hydrogen-bond donors (Lipinski definition) is 0. The predicted octanol–water partition coefficient (Wildman–Crippen LogP) is 4.22. The lowest BCUT2D eigenvalue weighted by atomic mass is 9.81. The second-order valence-electron chi connectivity index (χ2n) is 7.67. The first-order valence-electron chi connectivity index (χ1n) is 9.62. The first-order valence-corrected chi connectivity index (χ1v) is 9.62. The zero-order valence-electron chi connectivity index (χ0n) is 16.7. The minimum atomic E-state index is -0.578. The van der Waals surface area contributed by atoms with Crippen molar-refractivity contribution in [1.82, 2.24) is 15.0 Å². The Morgan fingerprint density at radius 1 is 1.20 bits per heavy atom. The fraction of sp³-hybridized carbons (Fsp3) is 0.318. The van der Waals surface area contributed by atoms with Gasteiger partial charge in [0.2, 0.25) is 0 Å². The summed E-state index contributed by atoms with van der Waals surface area (Å²) in [4.78, 5) is 19.1. The lowest BCUT2D eigenvalue weighted by molar-refractivity contribution is 0.0641. The van der Waals surface area contributed by atoms with Gasteiger partial charge in [-0.05, 0) is 55.3 Å². The van der Waals surface area contributed by atoms with Crippen molar-refractivity contribution in [2.24, 2.45) is 0 Å². The molecule has 0 bridgehead atoms. The molecule has 0 saturated carbocycles. The molecule has 1 fully saturated rings. The number of carbonyl (C=O) groups is 1. The highest BCUT2D eigenvalue weighted by atomic mass is 19.1. The van der Waals surface area contributed by atoms with Gasteiger partial charge in [-0.25, -0.2) is 8.78 Å². The van der Waals surface area contributed by atoms with E-state index >= 15 is 0 Å². The van der Waals surface area contributed by atoms with Crippen LogP contribution in [0.1, 0.15) is 35.9 Å². The predicted molar refractivity (Wildman–Crippen MR) is 105 cm³/mol. The van der Waals surface area contributed by atoms with Crippen LogP contribution in [0.3, 0.4) is 0 Å². The van der Waals surface area contributed by atoms with Crippen LogP contribution in [0.15, 0.2) is 47.0 Å². The summed E-state index contributed by atoms with van der Waals surface area (Å²) in [6.07, 6.45) is 1.53. The Morgan fingerprint density at radius 2 is 1.97 bits per heavy atom. The third kappa shape index (κ3) is 3.77. The quantitative estimate of drug-likeness (QED) is 0.641. The van der Waals surface area contributed by atoms with Crippen molar-refractivity contribution >= 4 is 5.91 Å². The Balaban J connectivity index is 1.55. The van der Waals surface area contributed by atoms with Gasteiger partial charge in [-0.15, -0.1) is 0 Å². The van der Waals surface area contributed by atoms with E-state index in [0.717, 1.165) is 12.8 Å². The fourth-order valence-electron chi connectivity index (χ4n) is 3.76. The molecular weight excluding hydrogens is 392 g/mol. The average Bonchev–Trinajstić information content (AvgIpc) is 3.25. The van der Waals surface area contributed by atoms with Crippen molar-refractivity contribution in [2.45, 2.75) is 25.2 Å². The third-order valence-electron chi connectivity index (χ3n) is 5.44. The fourth-order valence-corrected chi connectivity index (χ4v) is 3.76. The van der Waals surface area contributed by atoms with Crippen molar-refractivity contribution in [3.63, 3.8) is 0 Å². The molecule has 30 heavy (non-hydrogen) atoms. The summed E-state index contributed by atoms with van der Waals surface area (Å²) in [6, 6.07) is 9.99. The molecule has 1 unspecified atom stereocenters. The molecule has 1 aliphatic heterocycles. The molecular formula is C22H21F2N3O3. The number of ether oxygens (including phenoxy) is 1. The van der Waals surface area contributed by atoms with Crippen molar-refractivity contribution in [2.75, 3.05) is 20.2 Å². The Hall–Kier alpha value is -3.29. The molecule has 2 aromatic carbocycles. The number of hydrogen-bond acceptors (Lipinski definition) is 5. The Bertz CT molecular complexity index is 1070. The van der Waals surface area contributed by atoms with Gasteiger partial charge in [0, 0.05) is 29.6 Å². The number of methoxy groups -OCH3 is 1. The van der Waals surface area contributed by atoms with Crippen LogP contribution >= 0.6 is 0 Å². The van der Waals surface area contributed by atoms with E-state index in [9.17, 15) is 13.6 Å². The van der Waals surface area contributed by atoms with Crippen LogP contribution in [-0.2, 0) is 5.41 Å². The van der Waals surface area contributed by atoms with Gasteiger partial charge in [-0.3, -0.25) is 4.79 Å². The van der Waals surface area contributed by atoms with E-state index in [1.54, 1.807) is 23.1 Å². The maximum Gasteiger partial charge on any atom is 0.257 e. The van der Waals surface area contributed by atoms with Gasteiger partial charge in [-0.1, -0.05) is 12.1 Å². The molecule has 1 saturated heterocycles. The van der Waals surface area contributed by atoms with E-state index in [1.807, 2.05) is 6.92 Å². The number of benzene rings is 2. The topological polar surface area (TPSA) is 68.5 Å². The molecule has 0 aliphatic carbocycles. The van der Waals surface area contributed by atoms with Gasteiger partial charge in [0.05, 0.1) is 7.11 Å². The highest BCUT2D eigenvalue weighted by molar-refractivity contribution is 5.94. The first-order chi connectivity index (χ1) is 14.4. The zero-order chi connectivity index (χ0) is 21.3. The lowest BCUT2D eigenvalue weighted by Gasteiger charge is -2.38. The second kappa shape index (κ2) is 7.85. The number of carbonyl (C=O) groups excluding carboxylic acids is 1. The number of piperidine rings is 1. The number of amides is 1. The van der Waals surface area contributed by atoms with Gasteiger partial charge < -0.3 is 14.2 Å². The Kier molecular flexibility index (Phi) is 5.24. The van der Waals surface area contributed by atoms with E-state index in [-0.39, 0.29) is 23.0 Å². The molecule has 8 heteroatoms. The minimum Gasteiger partial charge on any atom is -0.494 e. The number of aromatic nitrogens is 2. The van der Waals surface area contributed by atoms with E-state index in [4.69, 9.17) is 9.26 Å². The van der Waals surface area contributed by atoms with Crippen molar-refractivity contribution < 1.29 is 22.8 Å². The van der Waals surface area contributed by atoms with Gasteiger partial charge in [0.15, 0.2) is 17.4 Å². The first kappa shape index (κ1) is 20.0. The monoisotopic (exact) mass is 413 g/mol. The van der Waals surface area contributed by atoms with Crippen LogP contribution in [0.4, 0.5) is 8.78 Å². The zero-order valence-corrected chi connectivity index (χ0v) is 16.7. The van der Waals surface area contributed by atoms with Crippen LogP contribution in [0.25, 0.3) is 11.5 Å². The van der Waals surface area contributed by atoms with E-state index < -0.39 is 11.2 Å². The van der Waals surface area contributed by atoms with Gasteiger partial charge in [-0.2, -0.15) is 4.98 Å². The number of nitrogens with zero attached hydrogens (tertiary/aromatic N) is 3. The highest BCUT2D eigenvalue weighted by Gasteiger charge is 2.39. The smallest absolute Gasteiger partial charge is 0.257 e. The van der Waals surface area contributed by atoms with Crippen LogP contribution in [-0.4, -0.2) is 41.1 Å². The number of halogens is 2. The molecule has 1 atom stereocenters. The SMILES string of the molecule is COc1ccc(C(=O)N2CCCC(C)(c3noc(-c4ccc(F)cc4)n3)C2)cc1F. The van der Waals surface area contributed by atoms with E-state index in [0.29, 0.717) is 30.4 Å². The molecule has 2 heterocycles. The Labute approximate surface area is 172 Å². The highest BCUT2D eigenvalue weighted by Crippen LogP contribution is 2.34. The van der Waals surface area contributed by atoms with Crippen molar-refractivity contribution in [3.05, 3.63) is 65.5 Å². The minimum absolute atomic E-state index is 0.0927. The molecule has 1 aromatic heterocycles. The van der Waals surface area contributed by atoms with Crippen LogP contribution in [0, 0.1) is 11.6 Å². The van der Waals surface area contributed by atoms with Gasteiger partial charge >= 0.3 is 0 Å². The molecule has 6 nitrogen and oxygen atoms in total.